The van der Waals surface area contributed by atoms with Crippen LogP contribution in [-0.2, 0) is 19.5 Å². The van der Waals surface area contributed by atoms with Crippen molar-refractivity contribution < 1.29 is 22.8 Å². The number of non-ortho nitro benzene ring substituents is 1. The van der Waals surface area contributed by atoms with Crippen LogP contribution >= 0.6 is 0 Å². The van der Waals surface area contributed by atoms with Gasteiger partial charge in [0.25, 0.3) is 5.69 Å². The van der Waals surface area contributed by atoms with Crippen molar-refractivity contribution >= 4 is 15.7 Å². The second-order valence-electron chi connectivity index (χ2n) is 6.79. The predicted molar refractivity (Wildman–Crippen MR) is 96.3 cm³/mol. The Bertz CT molecular complexity index is 746. The van der Waals surface area contributed by atoms with Crippen molar-refractivity contribution in [2.24, 2.45) is 5.41 Å². The molecule has 0 aromatic heterocycles. The SMILES string of the molecule is CC[C@](C)(CCCNS(=O)(=O)c1cc([N+](=O)[O-])ccc1C)C1OCCO1. The Kier molecular flexibility index (Phi) is 6.73. The minimum atomic E-state index is -3.81. The van der Waals surface area contributed by atoms with Gasteiger partial charge in [-0.1, -0.05) is 19.9 Å². The molecule has 0 amide bonds. The molecule has 1 saturated heterocycles. The average molecular weight is 386 g/mol. The maximum absolute atomic E-state index is 12.5. The third-order valence-electron chi connectivity index (χ3n) is 4.89. The molecule has 0 bridgehead atoms. The van der Waals surface area contributed by atoms with Gasteiger partial charge in [0.2, 0.25) is 10.0 Å². The van der Waals surface area contributed by atoms with Gasteiger partial charge in [-0.25, -0.2) is 13.1 Å². The monoisotopic (exact) mass is 386 g/mol. The predicted octanol–water partition coefficient (Wildman–Crippen LogP) is 2.75. The van der Waals surface area contributed by atoms with Gasteiger partial charge >= 0.3 is 0 Å². The third-order valence-corrected chi connectivity index (χ3v) is 6.49. The zero-order valence-electron chi connectivity index (χ0n) is 15.4. The van der Waals surface area contributed by atoms with Gasteiger partial charge in [0.15, 0.2) is 6.29 Å². The lowest BCUT2D eigenvalue weighted by atomic mass is 9.82. The van der Waals surface area contributed by atoms with Gasteiger partial charge in [0, 0.05) is 24.1 Å². The number of hydrogen-bond acceptors (Lipinski definition) is 6. The molecule has 1 atom stereocenters. The molecule has 2 rings (SSSR count). The first-order valence-corrected chi connectivity index (χ1v) is 10.2. The fraction of sp³-hybridized carbons (Fsp3) is 0.647. The minimum Gasteiger partial charge on any atom is -0.350 e. The zero-order valence-corrected chi connectivity index (χ0v) is 16.2. The molecule has 1 aliphatic rings. The van der Waals surface area contributed by atoms with Gasteiger partial charge in [-0.2, -0.15) is 0 Å². The van der Waals surface area contributed by atoms with Crippen LogP contribution in [-0.4, -0.2) is 39.4 Å². The van der Waals surface area contributed by atoms with E-state index in [0.29, 0.717) is 25.2 Å². The molecular weight excluding hydrogens is 360 g/mol. The maximum atomic E-state index is 12.5. The van der Waals surface area contributed by atoms with E-state index in [1.807, 2.05) is 0 Å². The van der Waals surface area contributed by atoms with E-state index in [9.17, 15) is 18.5 Å². The molecule has 0 spiro atoms. The van der Waals surface area contributed by atoms with Crippen LogP contribution in [0.15, 0.2) is 23.1 Å². The molecular formula is C17H26N2O6S. The van der Waals surface area contributed by atoms with Gasteiger partial charge in [-0.15, -0.1) is 0 Å². The summed E-state index contributed by atoms with van der Waals surface area (Å²) >= 11 is 0. The smallest absolute Gasteiger partial charge is 0.270 e. The van der Waals surface area contributed by atoms with Crippen molar-refractivity contribution in [2.75, 3.05) is 19.8 Å². The van der Waals surface area contributed by atoms with Gasteiger partial charge in [-0.05, 0) is 31.7 Å². The summed E-state index contributed by atoms with van der Waals surface area (Å²) in [6.45, 7) is 7.15. The van der Waals surface area contributed by atoms with Crippen LogP contribution in [0.4, 0.5) is 5.69 Å². The van der Waals surface area contributed by atoms with Crippen LogP contribution < -0.4 is 4.72 Å². The standard InChI is InChI=1S/C17H26N2O6S/c1-4-17(3,16-24-10-11-25-16)8-5-9-18-26(22,23)15-12-14(19(20)21)7-6-13(15)2/h6-7,12,16,18H,4-5,8-11H2,1-3H3/t17-/m1/s1. The summed E-state index contributed by atoms with van der Waals surface area (Å²) in [6, 6.07) is 3.83. The Labute approximate surface area is 154 Å². The highest BCUT2D eigenvalue weighted by atomic mass is 32.2. The number of nitro benzene ring substituents is 1. The quantitative estimate of drug-likeness (QED) is 0.397. The second kappa shape index (κ2) is 8.43. The zero-order chi connectivity index (χ0) is 19.4. The largest absolute Gasteiger partial charge is 0.350 e. The van der Waals surface area contributed by atoms with Gasteiger partial charge in [0.1, 0.15) is 0 Å². The lowest BCUT2D eigenvalue weighted by Crippen LogP contribution is -2.34. The summed E-state index contributed by atoms with van der Waals surface area (Å²) in [6.07, 6.45) is 1.95. The molecule has 0 radical (unpaired) electrons. The molecule has 0 saturated carbocycles. The highest BCUT2D eigenvalue weighted by Crippen LogP contribution is 2.35. The van der Waals surface area contributed by atoms with Crippen molar-refractivity contribution in [3.63, 3.8) is 0 Å². The second-order valence-corrected chi connectivity index (χ2v) is 8.52. The highest BCUT2D eigenvalue weighted by molar-refractivity contribution is 7.89. The molecule has 1 fully saturated rings. The van der Waals surface area contributed by atoms with Crippen molar-refractivity contribution in [3.8, 4) is 0 Å². The van der Waals surface area contributed by atoms with Gasteiger partial charge in [-0.3, -0.25) is 10.1 Å². The molecule has 0 aliphatic carbocycles. The Hall–Kier alpha value is -1.55. The summed E-state index contributed by atoms with van der Waals surface area (Å²) in [4.78, 5) is 10.2. The normalized spacial score (nSPS) is 18.0. The number of hydrogen-bond donors (Lipinski definition) is 1. The summed E-state index contributed by atoms with van der Waals surface area (Å²) < 4.78 is 38.7. The Balaban J connectivity index is 1.98. The fourth-order valence-corrected chi connectivity index (χ4v) is 4.33. The van der Waals surface area contributed by atoms with Crippen molar-refractivity contribution in [1.29, 1.82) is 0 Å². The fourth-order valence-electron chi connectivity index (χ4n) is 2.99. The van der Waals surface area contributed by atoms with Crippen LogP contribution in [0.1, 0.15) is 38.7 Å². The number of aryl methyl sites for hydroxylation is 1. The average Bonchev–Trinajstić information content (AvgIpc) is 3.14. The van der Waals surface area contributed by atoms with Gasteiger partial charge < -0.3 is 9.47 Å². The van der Waals surface area contributed by atoms with Crippen molar-refractivity contribution in [2.45, 2.75) is 51.2 Å². The third kappa shape index (κ3) is 4.79. The topological polar surface area (TPSA) is 108 Å². The number of rotatable bonds is 9. The van der Waals surface area contributed by atoms with E-state index in [-0.39, 0.29) is 28.8 Å². The lowest BCUT2D eigenvalue weighted by molar-refractivity contribution is -0.385. The Morgan fingerprint density at radius 2 is 2.00 bits per heavy atom. The number of nitrogens with zero attached hydrogens (tertiary/aromatic N) is 1. The minimum absolute atomic E-state index is 0.0626. The molecule has 146 valence electrons. The van der Waals surface area contributed by atoms with Gasteiger partial charge in [0.05, 0.1) is 23.0 Å². The molecule has 8 nitrogen and oxygen atoms in total. The first-order valence-electron chi connectivity index (χ1n) is 8.67. The molecule has 1 heterocycles. The summed E-state index contributed by atoms with van der Waals surface area (Å²) in [5.74, 6) is 0. The van der Waals surface area contributed by atoms with Crippen LogP contribution in [0.5, 0.6) is 0 Å². The summed E-state index contributed by atoms with van der Waals surface area (Å²) in [7, 11) is -3.81. The van der Waals surface area contributed by atoms with Crippen LogP contribution in [0.2, 0.25) is 0 Å². The van der Waals surface area contributed by atoms with Crippen molar-refractivity contribution in [3.05, 3.63) is 33.9 Å². The molecule has 9 heteroatoms. The van der Waals surface area contributed by atoms with E-state index < -0.39 is 14.9 Å². The van der Waals surface area contributed by atoms with E-state index in [0.717, 1.165) is 18.9 Å². The van der Waals surface area contributed by atoms with E-state index in [1.54, 1.807) is 6.92 Å². The lowest BCUT2D eigenvalue weighted by Gasteiger charge is -2.33. The first kappa shape index (κ1) is 20.8. The molecule has 1 aromatic carbocycles. The number of nitro groups is 1. The van der Waals surface area contributed by atoms with Crippen LogP contribution in [0.3, 0.4) is 0 Å². The summed E-state index contributed by atoms with van der Waals surface area (Å²) in [5, 5.41) is 10.9. The maximum Gasteiger partial charge on any atom is 0.270 e. The van der Waals surface area contributed by atoms with Crippen molar-refractivity contribution in [1.82, 2.24) is 4.72 Å². The number of nitrogens with one attached hydrogen (secondary N) is 1. The Morgan fingerprint density at radius 1 is 1.35 bits per heavy atom. The number of ether oxygens (including phenoxy) is 2. The molecule has 1 N–H and O–H groups in total. The molecule has 0 unspecified atom stereocenters. The molecule has 1 aromatic rings. The summed E-state index contributed by atoms with van der Waals surface area (Å²) in [5.41, 5.74) is 0.0444. The highest BCUT2D eigenvalue weighted by Gasteiger charge is 2.36. The molecule has 26 heavy (non-hydrogen) atoms. The molecule has 1 aliphatic heterocycles. The van der Waals surface area contributed by atoms with Crippen LogP contribution in [0, 0.1) is 22.5 Å². The van der Waals surface area contributed by atoms with E-state index in [1.165, 1.54) is 12.1 Å². The van der Waals surface area contributed by atoms with Crippen LogP contribution in [0.25, 0.3) is 0 Å². The Morgan fingerprint density at radius 3 is 2.58 bits per heavy atom. The van der Waals surface area contributed by atoms with E-state index in [2.05, 4.69) is 18.6 Å². The van der Waals surface area contributed by atoms with E-state index >= 15 is 0 Å². The first-order chi connectivity index (χ1) is 12.2. The number of sulfonamides is 1. The number of benzene rings is 1. The van der Waals surface area contributed by atoms with E-state index in [4.69, 9.17) is 9.47 Å².